The fourth-order valence-corrected chi connectivity index (χ4v) is 0.670. The zero-order valence-electron chi connectivity index (χ0n) is 4.72. The molecule has 0 aromatic rings. The summed E-state index contributed by atoms with van der Waals surface area (Å²) >= 11 is 1.73. The lowest BCUT2D eigenvalue weighted by Gasteiger charge is -2.03. The Bertz CT molecular complexity index is 40.7. The largest absolute Gasteiger partial charge is 0.314 e. The number of thioether (sulfide) groups is 1. The lowest BCUT2D eigenvalue weighted by Crippen LogP contribution is -2.15. The molecule has 0 rings (SSSR count). The van der Waals surface area contributed by atoms with E-state index in [0.717, 1.165) is 12.3 Å². The number of hydroxylamine groups is 2. The second kappa shape index (κ2) is 4.43. The van der Waals surface area contributed by atoms with Crippen LogP contribution in [0.1, 0.15) is 0 Å². The quantitative estimate of drug-likeness (QED) is 0.555. The van der Waals surface area contributed by atoms with Crippen LogP contribution in [0.2, 0.25) is 0 Å². The monoisotopic (exact) mass is 121 g/mol. The normalized spacial score (nSPS) is 10.3. The molecule has 2 nitrogen and oxygen atoms in total. The van der Waals surface area contributed by atoms with Gasteiger partial charge in [0, 0.05) is 19.3 Å². The fraction of sp³-hybridized carbons (Fsp3) is 1.00. The summed E-state index contributed by atoms with van der Waals surface area (Å²) in [6.45, 7) is 0.751. The molecular formula is C4H11NOS. The van der Waals surface area contributed by atoms with E-state index >= 15 is 0 Å². The van der Waals surface area contributed by atoms with Crippen molar-refractivity contribution in [2.24, 2.45) is 0 Å². The van der Waals surface area contributed by atoms with Crippen LogP contribution in [-0.4, -0.2) is 35.9 Å². The van der Waals surface area contributed by atoms with Crippen LogP contribution >= 0.6 is 11.8 Å². The molecule has 0 unspecified atom stereocenters. The van der Waals surface area contributed by atoms with E-state index in [2.05, 4.69) is 0 Å². The summed E-state index contributed by atoms with van der Waals surface area (Å²) in [6, 6.07) is 0. The van der Waals surface area contributed by atoms with Crippen LogP contribution in [0.25, 0.3) is 0 Å². The van der Waals surface area contributed by atoms with Crippen LogP contribution in [0.4, 0.5) is 0 Å². The van der Waals surface area contributed by atoms with Crippen molar-refractivity contribution >= 4 is 11.8 Å². The molecule has 0 aliphatic rings. The predicted octanol–water partition coefficient (Wildman–Crippen LogP) is 0.670. The molecule has 0 aliphatic carbocycles. The maximum Gasteiger partial charge on any atom is 0.0325 e. The molecule has 0 aromatic carbocycles. The van der Waals surface area contributed by atoms with Crippen molar-refractivity contribution in [2.45, 2.75) is 0 Å². The van der Waals surface area contributed by atoms with Crippen molar-refractivity contribution < 1.29 is 5.21 Å². The molecular weight excluding hydrogens is 110 g/mol. The molecule has 0 amide bonds. The Labute approximate surface area is 48.5 Å². The van der Waals surface area contributed by atoms with Gasteiger partial charge >= 0.3 is 0 Å². The van der Waals surface area contributed by atoms with E-state index in [9.17, 15) is 0 Å². The van der Waals surface area contributed by atoms with Crippen LogP contribution in [0.15, 0.2) is 0 Å². The average molecular weight is 121 g/mol. The highest BCUT2D eigenvalue weighted by Crippen LogP contribution is 1.89. The van der Waals surface area contributed by atoms with Crippen molar-refractivity contribution in [3.05, 3.63) is 0 Å². The van der Waals surface area contributed by atoms with E-state index in [-0.39, 0.29) is 0 Å². The first-order valence-corrected chi connectivity index (χ1v) is 3.55. The van der Waals surface area contributed by atoms with E-state index in [1.165, 1.54) is 5.06 Å². The Morgan fingerprint density at radius 1 is 1.71 bits per heavy atom. The third-order valence-electron chi connectivity index (χ3n) is 0.619. The molecule has 0 fully saturated rings. The first kappa shape index (κ1) is 7.27. The molecule has 0 bridgehead atoms. The van der Waals surface area contributed by atoms with Gasteiger partial charge in [0.25, 0.3) is 0 Å². The number of hydrogen-bond donors (Lipinski definition) is 1. The van der Waals surface area contributed by atoms with Gasteiger partial charge in [-0.05, 0) is 6.26 Å². The van der Waals surface area contributed by atoms with E-state index in [1.807, 2.05) is 6.26 Å². The molecule has 0 aliphatic heterocycles. The molecule has 0 aromatic heterocycles. The van der Waals surface area contributed by atoms with Gasteiger partial charge in [-0.25, -0.2) is 0 Å². The Kier molecular flexibility index (Phi) is 4.60. The topological polar surface area (TPSA) is 23.5 Å². The number of rotatable bonds is 3. The molecule has 44 valence electrons. The van der Waals surface area contributed by atoms with E-state index < -0.39 is 0 Å². The highest BCUT2D eigenvalue weighted by Gasteiger charge is 1.85. The molecule has 0 atom stereocenters. The first-order chi connectivity index (χ1) is 3.27. The van der Waals surface area contributed by atoms with Crippen LogP contribution in [0, 0.1) is 0 Å². The summed E-state index contributed by atoms with van der Waals surface area (Å²) in [4.78, 5) is 0. The van der Waals surface area contributed by atoms with Crippen molar-refractivity contribution in [1.82, 2.24) is 5.06 Å². The zero-order chi connectivity index (χ0) is 5.70. The Hall–Kier alpha value is 0.270. The van der Waals surface area contributed by atoms with Crippen LogP contribution in [-0.2, 0) is 0 Å². The van der Waals surface area contributed by atoms with Crippen molar-refractivity contribution in [1.29, 1.82) is 0 Å². The van der Waals surface area contributed by atoms with Gasteiger partial charge in [0.05, 0.1) is 0 Å². The molecule has 1 N–H and O–H groups in total. The maximum atomic E-state index is 8.50. The minimum absolute atomic E-state index is 0.751. The van der Waals surface area contributed by atoms with E-state index in [1.54, 1.807) is 18.8 Å². The van der Waals surface area contributed by atoms with E-state index in [4.69, 9.17) is 5.21 Å². The van der Waals surface area contributed by atoms with E-state index in [0.29, 0.717) is 0 Å². The third kappa shape index (κ3) is 6.27. The lowest BCUT2D eigenvalue weighted by atomic mass is 10.7. The molecule has 0 radical (unpaired) electrons. The van der Waals surface area contributed by atoms with Crippen LogP contribution < -0.4 is 0 Å². The lowest BCUT2D eigenvalue weighted by molar-refractivity contribution is -0.0585. The molecule has 0 saturated carbocycles. The van der Waals surface area contributed by atoms with Gasteiger partial charge in [-0.3, -0.25) is 0 Å². The summed E-state index contributed by atoms with van der Waals surface area (Å²) < 4.78 is 0. The third-order valence-corrected chi connectivity index (χ3v) is 1.21. The highest BCUT2D eigenvalue weighted by molar-refractivity contribution is 7.98. The maximum absolute atomic E-state index is 8.50. The Morgan fingerprint density at radius 3 is 2.43 bits per heavy atom. The summed E-state index contributed by atoms with van der Waals surface area (Å²) in [7, 11) is 1.65. The van der Waals surface area contributed by atoms with Gasteiger partial charge in [-0.15, -0.1) is 0 Å². The smallest absolute Gasteiger partial charge is 0.0325 e. The number of nitrogens with zero attached hydrogens (tertiary/aromatic N) is 1. The van der Waals surface area contributed by atoms with Crippen molar-refractivity contribution in [3.63, 3.8) is 0 Å². The first-order valence-electron chi connectivity index (χ1n) is 2.16. The second-order valence-corrected chi connectivity index (χ2v) is 2.36. The van der Waals surface area contributed by atoms with Gasteiger partial charge in [0.15, 0.2) is 0 Å². The molecule has 7 heavy (non-hydrogen) atoms. The van der Waals surface area contributed by atoms with Gasteiger partial charge in [-0.2, -0.15) is 16.8 Å². The van der Waals surface area contributed by atoms with Crippen LogP contribution in [0.3, 0.4) is 0 Å². The van der Waals surface area contributed by atoms with Gasteiger partial charge in [0.2, 0.25) is 0 Å². The summed E-state index contributed by atoms with van der Waals surface area (Å²) in [5.41, 5.74) is 0. The summed E-state index contributed by atoms with van der Waals surface area (Å²) in [5.74, 6) is 0.993. The van der Waals surface area contributed by atoms with Crippen LogP contribution in [0.5, 0.6) is 0 Å². The van der Waals surface area contributed by atoms with Gasteiger partial charge < -0.3 is 5.21 Å². The average Bonchev–Trinajstić information content (AvgIpc) is 1.61. The SMILES string of the molecule is CSCCN(C)O. The molecule has 3 heteroatoms. The number of hydrogen-bond acceptors (Lipinski definition) is 3. The highest BCUT2D eigenvalue weighted by atomic mass is 32.2. The Balaban J connectivity index is 2.68. The molecule has 0 heterocycles. The van der Waals surface area contributed by atoms with Crippen molar-refractivity contribution in [3.8, 4) is 0 Å². The van der Waals surface area contributed by atoms with Gasteiger partial charge in [-0.1, -0.05) is 0 Å². The second-order valence-electron chi connectivity index (χ2n) is 1.37. The van der Waals surface area contributed by atoms with Crippen molar-refractivity contribution in [2.75, 3.05) is 25.6 Å². The predicted molar refractivity (Wildman–Crippen MR) is 32.8 cm³/mol. The zero-order valence-corrected chi connectivity index (χ0v) is 5.53. The standard InChI is InChI=1S/C4H11NOS/c1-5(6)3-4-7-2/h6H,3-4H2,1-2H3. The Morgan fingerprint density at radius 2 is 2.29 bits per heavy atom. The molecule has 0 saturated heterocycles. The fourth-order valence-electron chi connectivity index (χ4n) is 0.223. The minimum atomic E-state index is 0.751. The summed E-state index contributed by atoms with van der Waals surface area (Å²) in [6.07, 6.45) is 2.02. The van der Waals surface area contributed by atoms with Gasteiger partial charge in [0.1, 0.15) is 0 Å². The summed E-state index contributed by atoms with van der Waals surface area (Å²) in [5, 5.41) is 9.69. The molecule has 0 spiro atoms. The minimum Gasteiger partial charge on any atom is -0.314 e.